The summed E-state index contributed by atoms with van der Waals surface area (Å²) in [7, 11) is 3.31. The van der Waals surface area contributed by atoms with Gasteiger partial charge in [-0.2, -0.15) is 4.98 Å². The van der Waals surface area contributed by atoms with Gasteiger partial charge < -0.3 is 15.0 Å². The molecule has 0 saturated carbocycles. The molecule has 0 bridgehead atoms. The van der Waals surface area contributed by atoms with E-state index in [1.54, 1.807) is 0 Å². The molecule has 1 N–H and O–H groups in total. The second kappa shape index (κ2) is 5.83. The first kappa shape index (κ1) is 13.5. The number of likely N-dealkylation sites (N-methyl/N-ethyl adjacent to an activating group) is 1. The van der Waals surface area contributed by atoms with Gasteiger partial charge in [0.05, 0.1) is 12.0 Å². The molecular formula is C12H18N4O3. The number of ether oxygens (including phenoxy) is 1. The average Bonchev–Trinajstić information content (AvgIpc) is 2.90. The van der Waals surface area contributed by atoms with Crippen LogP contribution < -0.4 is 15.0 Å². The van der Waals surface area contributed by atoms with Gasteiger partial charge in [0.1, 0.15) is 0 Å². The number of hydrogen-bond donors (Lipinski definition) is 1. The molecular weight excluding hydrogens is 248 g/mol. The van der Waals surface area contributed by atoms with E-state index in [9.17, 15) is 10.1 Å². The Morgan fingerprint density at radius 1 is 1.63 bits per heavy atom. The Kier molecular flexibility index (Phi) is 4.16. The summed E-state index contributed by atoms with van der Waals surface area (Å²) in [6.45, 7) is 1.70. The lowest BCUT2D eigenvalue weighted by Crippen LogP contribution is -2.36. The van der Waals surface area contributed by atoms with Crippen LogP contribution in [0.3, 0.4) is 0 Å². The number of anilines is 1. The fourth-order valence-electron chi connectivity index (χ4n) is 2.29. The third-order valence-electron chi connectivity index (χ3n) is 3.25. The Hall–Kier alpha value is -1.89. The van der Waals surface area contributed by atoms with Crippen molar-refractivity contribution in [2.75, 3.05) is 32.1 Å². The van der Waals surface area contributed by atoms with Crippen molar-refractivity contribution in [3.63, 3.8) is 0 Å². The van der Waals surface area contributed by atoms with Crippen LogP contribution in [0.1, 0.15) is 12.8 Å². The van der Waals surface area contributed by atoms with Crippen LogP contribution in [0, 0.1) is 10.1 Å². The van der Waals surface area contributed by atoms with E-state index in [1.165, 1.54) is 19.2 Å². The molecule has 1 unspecified atom stereocenters. The zero-order chi connectivity index (χ0) is 13.8. The van der Waals surface area contributed by atoms with E-state index in [2.05, 4.69) is 10.3 Å². The molecule has 0 radical (unpaired) electrons. The number of nitrogens with one attached hydrogen (secondary N) is 1. The Labute approximate surface area is 111 Å². The summed E-state index contributed by atoms with van der Waals surface area (Å²) in [4.78, 5) is 16.6. The van der Waals surface area contributed by atoms with Crippen molar-refractivity contribution in [3.8, 4) is 5.88 Å². The minimum Gasteiger partial charge on any atom is -0.481 e. The summed E-state index contributed by atoms with van der Waals surface area (Å²) >= 11 is 0. The van der Waals surface area contributed by atoms with Crippen molar-refractivity contribution >= 4 is 11.5 Å². The van der Waals surface area contributed by atoms with Gasteiger partial charge in [-0.15, -0.1) is 0 Å². The van der Waals surface area contributed by atoms with Gasteiger partial charge in [0.15, 0.2) is 0 Å². The van der Waals surface area contributed by atoms with Crippen molar-refractivity contribution in [3.05, 3.63) is 22.2 Å². The van der Waals surface area contributed by atoms with Crippen molar-refractivity contribution in [1.82, 2.24) is 10.3 Å². The van der Waals surface area contributed by atoms with Crippen LogP contribution in [0.25, 0.3) is 0 Å². The molecule has 1 saturated heterocycles. The second-order valence-corrected chi connectivity index (χ2v) is 4.63. The topological polar surface area (TPSA) is 80.5 Å². The normalized spacial score (nSPS) is 18.3. The number of hydrogen-bond acceptors (Lipinski definition) is 6. The maximum Gasteiger partial charge on any atom is 0.311 e. The van der Waals surface area contributed by atoms with Gasteiger partial charge in [0, 0.05) is 31.8 Å². The standard InChI is InChI=1S/C12H18N4O3/c1-15(8-9-4-3-7-13-9)12-10(16(17)18)5-6-11(14-12)19-2/h5-6,9,13H,3-4,7-8H2,1-2H3. The highest BCUT2D eigenvalue weighted by Gasteiger charge is 2.23. The number of nitro groups is 1. The lowest BCUT2D eigenvalue weighted by atomic mass is 10.2. The molecule has 2 rings (SSSR count). The predicted octanol–water partition coefficient (Wildman–Crippen LogP) is 1.19. The highest BCUT2D eigenvalue weighted by Crippen LogP contribution is 2.28. The quantitative estimate of drug-likeness (QED) is 0.637. The van der Waals surface area contributed by atoms with Crippen LogP contribution in [0.15, 0.2) is 12.1 Å². The molecule has 19 heavy (non-hydrogen) atoms. The predicted molar refractivity (Wildman–Crippen MR) is 71.7 cm³/mol. The number of aromatic nitrogens is 1. The van der Waals surface area contributed by atoms with Crippen LogP contribution in [0.4, 0.5) is 11.5 Å². The minimum atomic E-state index is -0.416. The van der Waals surface area contributed by atoms with Crippen LogP contribution in [-0.4, -0.2) is 43.2 Å². The monoisotopic (exact) mass is 266 g/mol. The van der Waals surface area contributed by atoms with Crippen molar-refractivity contribution < 1.29 is 9.66 Å². The maximum atomic E-state index is 11.0. The molecule has 2 heterocycles. The number of pyridine rings is 1. The fraction of sp³-hybridized carbons (Fsp3) is 0.583. The van der Waals surface area contributed by atoms with Crippen LogP contribution in [-0.2, 0) is 0 Å². The van der Waals surface area contributed by atoms with E-state index in [4.69, 9.17) is 4.74 Å². The Balaban J connectivity index is 2.21. The second-order valence-electron chi connectivity index (χ2n) is 4.63. The van der Waals surface area contributed by atoms with Gasteiger partial charge in [-0.3, -0.25) is 10.1 Å². The highest BCUT2D eigenvalue weighted by molar-refractivity contribution is 5.58. The van der Waals surface area contributed by atoms with Gasteiger partial charge in [0.2, 0.25) is 11.7 Å². The smallest absolute Gasteiger partial charge is 0.311 e. The number of nitrogens with zero attached hydrogens (tertiary/aromatic N) is 3. The maximum absolute atomic E-state index is 11.0. The molecule has 1 aliphatic rings. The average molecular weight is 266 g/mol. The summed E-state index contributed by atoms with van der Waals surface area (Å²) in [6.07, 6.45) is 2.23. The molecule has 1 aliphatic heterocycles. The molecule has 7 nitrogen and oxygen atoms in total. The molecule has 0 aliphatic carbocycles. The summed E-state index contributed by atoms with van der Waals surface area (Å²) in [6, 6.07) is 3.29. The van der Waals surface area contributed by atoms with Crippen molar-refractivity contribution in [2.24, 2.45) is 0 Å². The molecule has 0 spiro atoms. The van der Waals surface area contributed by atoms with Gasteiger partial charge >= 0.3 is 5.69 Å². The summed E-state index contributed by atoms with van der Waals surface area (Å²) in [5, 5.41) is 14.4. The van der Waals surface area contributed by atoms with Crippen LogP contribution in [0.5, 0.6) is 5.88 Å². The first-order chi connectivity index (χ1) is 9.11. The van der Waals surface area contributed by atoms with E-state index < -0.39 is 4.92 Å². The third-order valence-corrected chi connectivity index (χ3v) is 3.25. The van der Waals surface area contributed by atoms with Crippen LogP contribution >= 0.6 is 0 Å². The van der Waals surface area contributed by atoms with E-state index in [0.29, 0.717) is 24.3 Å². The Morgan fingerprint density at radius 2 is 2.42 bits per heavy atom. The summed E-state index contributed by atoms with van der Waals surface area (Å²) in [5.41, 5.74) is 0.00120. The minimum absolute atomic E-state index is 0.00120. The van der Waals surface area contributed by atoms with Gasteiger partial charge in [-0.1, -0.05) is 0 Å². The van der Waals surface area contributed by atoms with Gasteiger partial charge in [-0.25, -0.2) is 0 Å². The first-order valence-corrected chi connectivity index (χ1v) is 6.25. The molecule has 0 aromatic carbocycles. The van der Waals surface area contributed by atoms with Crippen molar-refractivity contribution in [2.45, 2.75) is 18.9 Å². The molecule has 7 heteroatoms. The number of rotatable bonds is 5. The van der Waals surface area contributed by atoms with Crippen molar-refractivity contribution in [1.29, 1.82) is 0 Å². The fourth-order valence-corrected chi connectivity index (χ4v) is 2.29. The SMILES string of the molecule is COc1ccc([N+](=O)[O-])c(N(C)CC2CCCN2)n1. The Bertz CT molecular complexity index is 460. The first-order valence-electron chi connectivity index (χ1n) is 6.25. The van der Waals surface area contributed by atoms with E-state index in [0.717, 1.165) is 19.4 Å². The number of methoxy groups -OCH3 is 1. The molecule has 1 atom stereocenters. The van der Waals surface area contributed by atoms with Gasteiger partial charge in [-0.05, 0) is 19.4 Å². The summed E-state index contributed by atoms with van der Waals surface area (Å²) in [5.74, 6) is 0.727. The molecule has 0 amide bonds. The van der Waals surface area contributed by atoms with E-state index in [1.807, 2.05) is 11.9 Å². The molecule has 104 valence electrons. The highest BCUT2D eigenvalue weighted by atomic mass is 16.6. The molecule has 1 aromatic heterocycles. The van der Waals surface area contributed by atoms with Crippen LogP contribution in [0.2, 0.25) is 0 Å². The van der Waals surface area contributed by atoms with Gasteiger partial charge in [0.25, 0.3) is 0 Å². The Morgan fingerprint density at radius 3 is 3.00 bits per heavy atom. The lowest BCUT2D eigenvalue weighted by molar-refractivity contribution is -0.384. The largest absolute Gasteiger partial charge is 0.481 e. The lowest BCUT2D eigenvalue weighted by Gasteiger charge is -2.22. The molecule has 1 aromatic rings. The van der Waals surface area contributed by atoms with E-state index >= 15 is 0 Å². The zero-order valence-electron chi connectivity index (χ0n) is 11.1. The molecule has 1 fully saturated rings. The van der Waals surface area contributed by atoms with E-state index in [-0.39, 0.29) is 5.69 Å². The third kappa shape index (κ3) is 3.11. The zero-order valence-corrected chi connectivity index (χ0v) is 11.1. The summed E-state index contributed by atoms with van der Waals surface area (Å²) < 4.78 is 5.03.